The van der Waals surface area contributed by atoms with Crippen molar-refractivity contribution < 1.29 is 33.8 Å². The third-order valence-electron chi connectivity index (χ3n) is 10.2. The Morgan fingerprint density at radius 1 is 0.607 bits per heavy atom. The zero-order chi connectivity index (χ0) is 40.3. The van der Waals surface area contributed by atoms with Crippen LogP contribution >= 0.6 is 0 Å². The van der Waals surface area contributed by atoms with Gasteiger partial charge in [-0.2, -0.15) is 0 Å². The Kier molecular flexibility index (Phi) is 17.9. The average Bonchev–Trinajstić information content (AvgIpc) is 3.22. The van der Waals surface area contributed by atoms with Crippen molar-refractivity contribution in [2.45, 2.75) is 89.8 Å². The van der Waals surface area contributed by atoms with Crippen molar-refractivity contribution in [3.63, 3.8) is 0 Å². The maximum absolute atomic E-state index is 14.3. The van der Waals surface area contributed by atoms with Gasteiger partial charge in [-0.15, -0.1) is 0 Å². The first-order valence-electron chi connectivity index (χ1n) is 19.9. The predicted molar refractivity (Wildman–Crippen MR) is 218 cm³/mol. The van der Waals surface area contributed by atoms with Crippen LogP contribution in [0, 0.1) is 17.8 Å². The maximum atomic E-state index is 14.3. The fourth-order valence-electron chi connectivity index (χ4n) is 7.23. The molecule has 1 aliphatic rings. The summed E-state index contributed by atoms with van der Waals surface area (Å²) < 4.78 is 10.9. The Hall–Kier alpha value is -5.22. The molecule has 4 N–H and O–H groups in total. The van der Waals surface area contributed by atoms with Gasteiger partial charge in [0.1, 0.15) is 18.7 Å². The van der Waals surface area contributed by atoms with E-state index in [9.17, 15) is 24.3 Å². The number of carbonyl (C=O) groups is 4. The number of hydrogen-bond donors (Lipinski definition) is 4. The molecule has 1 saturated carbocycles. The number of ketones is 1. The lowest BCUT2D eigenvalue weighted by Gasteiger charge is -2.38. The number of Topliss-reactive ketones (excluding diaryl/α,β-unsaturated/α-hetero) is 1. The molecule has 4 rings (SSSR count). The number of rotatable bonds is 23. The van der Waals surface area contributed by atoms with E-state index >= 15 is 0 Å². The minimum atomic E-state index is -0.892. The number of benzene rings is 3. The van der Waals surface area contributed by atoms with Gasteiger partial charge in [-0.3, -0.25) is 9.59 Å². The van der Waals surface area contributed by atoms with Crippen LogP contribution in [0.4, 0.5) is 0 Å². The van der Waals surface area contributed by atoms with E-state index in [-0.39, 0.29) is 49.8 Å². The molecular formula is C46H59N3O7. The van der Waals surface area contributed by atoms with E-state index in [1.807, 2.05) is 105 Å². The lowest BCUT2D eigenvalue weighted by atomic mass is 9.72. The Morgan fingerprint density at radius 3 is 1.46 bits per heavy atom. The van der Waals surface area contributed by atoms with Crippen molar-refractivity contribution in [1.29, 1.82) is 0 Å². The van der Waals surface area contributed by atoms with Gasteiger partial charge in [0.05, 0.1) is 19.3 Å². The van der Waals surface area contributed by atoms with E-state index in [0.29, 0.717) is 62.8 Å². The second-order valence-electron chi connectivity index (χ2n) is 14.6. The quantitative estimate of drug-likeness (QED) is 0.0852. The molecule has 1 fully saturated rings. The lowest BCUT2D eigenvalue weighted by molar-refractivity contribution is -0.148. The van der Waals surface area contributed by atoms with E-state index in [0.717, 1.165) is 16.7 Å². The van der Waals surface area contributed by atoms with Gasteiger partial charge in [-0.05, 0) is 67.1 Å². The summed E-state index contributed by atoms with van der Waals surface area (Å²) in [6.45, 7) is 12.5. The number of aliphatic hydroxyl groups excluding tert-OH is 1. The molecular weight excluding hydrogens is 707 g/mol. The first-order valence-corrected chi connectivity index (χ1v) is 19.9. The second kappa shape index (κ2) is 23.0. The van der Waals surface area contributed by atoms with Gasteiger partial charge >= 0.3 is 11.9 Å². The first kappa shape index (κ1) is 43.5. The molecule has 10 nitrogen and oxygen atoms in total. The predicted octanol–water partition coefficient (Wildman–Crippen LogP) is 6.03. The Labute approximate surface area is 332 Å². The Bertz CT molecular complexity index is 1630. The number of allylic oxidation sites excluding steroid dienone is 2. The molecule has 3 aromatic rings. The van der Waals surface area contributed by atoms with Crippen molar-refractivity contribution in [3.8, 4) is 0 Å². The number of carbonyl (C=O) groups excluding carboxylic acids is 4. The molecule has 1 aliphatic carbocycles. The molecule has 0 spiro atoms. The van der Waals surface area contributed by atoms with Crippen LogP contribution < -0.4 is 16.0 Å². The monoisotopic (exact) mass is 765 g/mol. The lowest BCUT2D eigenvalue weighted by Crippen LogP contribution is -2.48. The van der Waals surface area contributed by atoms with E-state index in [2.05, 4.69) is 29.1 Å². The van der Waals surface area contributed by atoms with Crippen molar-refractivity contribution in [2.75, 3.05) is 19.8 Å². The molecule has 0 saturated heterocycles. The highest BCUT2D eigenvalue weighted by Crippen LogP contribution is 2.39. The van der Waals surface area contributed by atoms with E-state index < -0.39 is 36.0 Å². The van der Waals surface area contributed by atoms with Crippen LogP contribution in [0.2, 0.25) is 0 Å². The second-order valence-corrected chi connectivity index (χ2v) is 14.6. The van der Waals surface area contributed by atoms with Crippen LogP contribution in [-0.4, -0.2) is 66.7 Å². The van der Waals surface area contributed by atoms with Gasteiger partial charge in [-0.1, -0.05) is 118 Å². The van der Waals surface area contributed by atoms with Crippen LogP contribution in [0.1, 0.15) is 69.1 Å². The number of hydrogen-bond acceptors (Lipinski definition) is 9. The van der Waals surface area contributed by atoms with Crippen LogP contribution in [-0.2, 0) is 47.9 Å². The highest BCUT2D eigenvalue weighted by Gasteiger charge is 2.38. The van der Waals surface area contributed by atoms with Gasteiger partial charge in [0.25, 0.3) is 0 Å². The highest BCUT2D eigenvalue weighted by atomic mass is 16.5. The van der Waals surface area contributed by atoms with Crippen LogP contribution in [0.3, 0.4) is 0 Å². The molecule has 3 aromatic carbocycles. The SMILES string of the molecule is C=C(NC(Cc1ccccc1)C(=O)CCC)C1CC(C(=C)NC(Cc2ccccc2)C(=O)OCCO)CC(C(=O)NC(Cc2ccccc2)C(=O)OCCC)C1. The molecule has 300 valence electrons. The van der Waals surface area contributed by atoms with Crippen LogP contribution in [0.5, 0.6) is 0 Å². The molecule has 6 atom stereocenters. The average molecular weight is 766 g/mol. The molecule has 6 unspecified atom stereocenters. The molecule has 0 aromatic heterocycles. The molecule has 0 aliphatic heterocycles. The third kappa shape index (κ3) is 13.8. The summed E-state index contributed by atoms with van der Waals surface area (Å²) in [6, 6.07) is 26.7. The summed E-state index contributed by atoms with van der Waals surface area (Å²) in [4.78, 5) is 54.3. The number of esters is 2. The standard InChI is InChI=1S/C46H59N3O7/c1-5-16-43(51)40(26-34-17-10-7-11-18-34)47-32(3)37-29-38(33(4)48-41(45(53)56-25-23-50)27-35-19-12-8-13-20-35)31-39(30-37)44(52)49-42(46(54)55-24-6-2)28-36-21-14-9-15-22-36/h7-15,17-22,37-42,47-48,50H,3-6,16,23-31H2,1-2H3,(H,49,52). The first-order chi connectivity index (χ1) is 27.1. The maximum Gasteiger partial charge on any atom is 0.328 e. The normalized spacial score (nSPS) is 18.0. The van der Waals surface area contributed by atoms with Crippen LogP contribution in [0.15, 0.2) is 116 Å². The van der Waals surface area contributed by atoms with Gasteiger partial charge in [-0.25, -0.2) is 9.59 Å². The largest absolute Gasteiger partial charge is 0.464 e. The topological polar surface area (TPSA) is 143 Å². The number of nitrogens with one attached hydrogen (secondary N) is 3. The van der Waals surface area contributed by atoms with Crippen molar-refractivity contribution in [2.24, 2.45) is 17.8 Å². The minimum Gasteiger partial charge on any atom is -0.464 e. The summed E-state index contributed by atoms with van der Waals surface area (Å²) in [5.41, 5.74) is 4.04. The van der Waals surface area contributed by atoms with Crippen molar-refractivity contribution in [1.82, 2.24) is 16.0 Å². The summed E-state index contributed by atoms with van der Waals surface area (Å²) in [5, 5.41) is 19.2. The third-order valence-corrected chi connectivity index (χ3v) is 10.2. The zero-order valence-corrected chi connectivity index (χ0v) is 32.9. The molecule has 56 heavy (non-hydrogen) atoms. The molecule has 0 radical (unpaired) electrons. The van der Waals surface area contributed by atoms with Gasteiger partial charge in [0, 0.05) is 36.6 Å². The van der Waals surface area contributed by atoms with Crippen molar-refractivity contribution >= 4 is 23.6 Å². The Balaban J connectivity index is 1.61. The molecule has 10 heteroatoms. The fraction of sp³-hybridized carbons (Fsp3) is 0.435. The van der Waals surface area contributed by atoms with Crippen LogP contribution in [0.25, 0.3) is 0 Å². The summed E-state index contributed by atoms with van der Waals surface area (Å²) in [5.74, 6) is -2.31. The Morgan fingerprint density at radius 2 is 1.02 bits per heavy atom. The van der Waals surface area contributed by atoms with E-state index in [4.69, 9.17) is 9.47 Å². The molecule has 0 bridgehead atoms. The van der Waals surface area contributed by atoms with E-state index in [1.54, 1.807) is 0 Å². The fourth-order valence-corrected chi connectivity index (χ4v) is 7.23. The summed E-state index contributed by atoms with van der Waals surface area (Å²) in [7, 11) is 0. The molecule has 1 amide bonds. The van der Waals surface area contributed by atoms with Gasteiger partial charge in [0.15, 0.2) is 5.78 Å². The number of amides is 1. The van der Waals surface area contributed by atoms with Crippen molar-refractivity contribution in [3.05, 3.63) is 132 Å². The zero-order valence-electron chi connectivity index (χ0n) is 32.9. The highest BCUT2D eigenvalue weighted by molar-refractivity contribution is 5.86. The van der Waals surface area contributed by atoms with E-state index in [1.165, 1.54) is 0 Å². The molecule has 0 heterocycles. The van der Waals surface area contributed by atoms with Gasteiger partial charge < -0.3 is 30.5 Å². The summed E-state index contributed by atoms with van der Waals surface area (Å²) >= 11 is 0. The minimum absolute atomic E-state index is 0.0877. The smallest absolute Gasteiger partial charge is 0.328 e. The summed E-state index contributed by atoms with van der Waals surface area (Å²) in [6.07, 6.45) is 4.25. The van der Waals surface area contributed by atoms with Gasteiger partial charge in [0.2, 0.25) is 5.91 Å². The number of ether oxygens (including phenoxy) is 2. The number of aliphatic hydroxyl groups is 1.